The normalized spacial score (nSPS) is 15.3. The molecule has 0 bridgehead atoms. The van der Waals surface area contributed by atoms with Crippen LogP contribution in [0.4, 0.5) is 0 Å². The van der Waals surface area contributed by atoms with Gasteiger partial charge in [0.05, 0.1) is 17.2 Å². The zero-order chi connectivity index (χ0) is 16.1. The molecule has 3 heterocycles. The molecule has 1 aliphatic heterocycles. The molecule has 4 rings (SSSR count). The van der Waals surface area contributed by atoms with Crippen molar-refractivity contribution in [1.29, 1.82) is 0 Å². The molecular weight excluding hydrogens is 360 g/mol. The van der Waals surface area contributed by atoms with Gasteiger partial charge in [-0.25, -0.2) is 0 Å². The third-order valence-corrected chi connectivity index (χ3v) is 4.41. The molecule has 0 unspecified atom stereocenters. The minimum absolute atomic E-state index is 0.298. The van der Waals surface area contributed by atoms with Gasteiger partial charge in [0.1, 0.15) is 11.3 Å². The van der Waals surface area contributed by atoms with Gasteiger partial charge in [-0.3, -0.25) is 19.5 Å². The number of halogens is 1. The molecule has 1 aromatic carbocycles. The second-order valence-corrected chi connectivity index (χ2v) is 6.30. The number of carbonyl (C=O) groups is 2. The number of pyridine rings is 1. The van der Waals surface area contributed by atoms with Crippen molar-refractivity contribution < 1.29 is 14.0 Å². The first-order valence-corrected chi connectivity index (χ1v) is 7.87. The Kier molecular flexibility index (Phi) is 3.09. The first-order valence-electron chi connectivity index (χ1n) is 7.08. The van der Waals surface area contributed by atoms with Crippen LogP contribution in [0.3, 0.4) is 0 Å². The lowest BCUT2D eigenvalue weighted by molar-refractivity contribution is 0.0579. The van der Waals surface area contributed by atoms with Crippen LogP contribution in [0.5, 0.6) is 0 Å². The number of nitrogens with zero attached hydrogens (tertiary/aromatic N) is 2. The lowest BCUT2D eigenvalue weighted by atomic mass is 10.1. The molecule has 0 aliphatic carbocycles. The minimum Gasteiger partial charge on any atom is -0.457 e. The number of furan rings is 1. The van der Waals surface area contributed by atoms with E-state index in [1.165, 1.54) is 4.90 Å². The Balaban J connectivity index is 1.75. The van der Waals surface area contributed by atoms with Crippen molar-refractivity contribution in [2.45, 2.75) is 13.0 Å². The van der Waals surface area contributed by atoms with Crippen LogP contribution < -0.4 is 0 Å². The summed E-state index contributed by atoms with van der Waals surface area (Å²) in [5, 5.41) is 0. The molecule has 3 aromatic rings. The van der Waals surface area contributed by atoms with E-state index in [0.717, 1.165) is 4.47 Å². The number of benzene rings is 1. The SMILES string of the molecule is C[C@@H](c1cc2ncc(Br)cc2o1)N1C(=O)c2ccccc2C1=O. The van der Waals surface area contributed by atoms with Crippen LogP contribution in [0.15, 0.2) is 51.5 Å². The highest BCUT2D eigenvalue weighted by molar-refractivity contribution is 9.10. The molecule has 0 radical (unpaired) electrons. The number of fused-ring (bicyclic) bond motifs is 2. The van der Waals surface area contributed by atoms with Crippen molar-refractivity contribution in [3.05, 3.63) is 64.0 Å². The molecule has 0 N–H and O–H groups in total. The third-order valence-electron chi connectivity index (χ3n) is 3.98. The van der Waals surface area contributed by atoms with Crippen LogP contribution in [0.1, 0.15) is 39.4 Å². The molecule has 6 heteroatoms. The molecule has 0 fully saturated rings. The zero-order valence-corrected chi connectivity index (χ0v) is 13.7. The highest BCUT2D eigenvalue weighted by Gasteiger charge is 2.39. The predicted octanol–water partition coefficient (Wildman–Crippen LogP) is 3.95. The molecule has 114 valence electrons. The lowest BCUT2D eigenvalue weighted by Gasteiger charge is -2.20. The Hall–Kier alpha value is -2.47. The second kappa shape index (κ2) is 5.03. The van der Waals surface area contributed by atoms with Gasteiger partial charge in [0.2, 0.25) is 0 Å². The van der Waals surface area contributed by atoms with E-state index in [1.807, 2.05) is 0 Å². The average molecular weight is 371 g/mol. The topological polar surface area (TPSA) is 63.4 Å². The summed E-state index contributed by atoms with van der Waals surface area (Å²) in [7, 11) is 0. The molecule has 5 nitrogen and oxygen atoms in total. The van der Waals surface area contributed by atoms with Crippen molar-refractivity contribution in [1.82, 2.24) is 9.88 Å². The second-order valence-electron chi connectivity index (χ2n) is 5.39. The van der Waals surface area contributed by atoms with Gasteiger partial charge in [0.25, 0.3) is 11.8 Å². The highest BCUT2D eigenvalue weighted by atomic mass is 79.9. The monoisotopic (exact) mass is 370 g/mol. The Morgan fingerprint density at radius 1 is 1.13 bits per heavy atom. The Morgan fingerprint density at radius 3 is 2.43 bits per heavy atom. The molecule has 2 amide bonds. The van der Waals surface area contributed by atoms with Crippen LogP contribution in [-0.4, -0.2) is 21.7 Å². The Labute approximate surface area is 140 Å². The van der Waals surface area contributed by atoms with E-state index in [1.54, 1.807) is 49.5 Å². The Bertz CT molecular complexity index is 928. The number of carbonyl (C=O) groups excluding carboxylic acids is 2. The van der Waals surface area contributed by atoms with Gasteiger partial charge in [-0.2, -0.15) is 0 Å². The number of hydrogen-bond donors (Lipinski definition) is 0. The highest BCUT2D eigenvalue weighted by Crippen LogP contribution is 2.33. The van der Waals surface area contributed by atoms with Crippen molar-refractivity contribution in [2.75, 3.05) is 0 Å². The van der Waals surface area contributed by atoms with Gasteiger partial charge in [-0.1, -0.05) is 12.1 Å². The van der Waals surface area contributed by atoms with Crippen LogP contribution in [0.2, 0.25) is 0 Å². The van der Waals surface area contributed by atoms with Gasteiger partial charge in [-0.15, -0.1) is 0 Å². The zero-order valence-electron chi connectivity index (χ0n) is 12.1. The first-order chi connectivity index (χ1) is 11.1. The lowest BCUT2D eigenvalue weighted by Crippen LogP contribution is -2.32. The van der Waals surface area contributed by atoms with E-state index in [4.69, 9.17) is 4.42 Å². The molecule has 0 saturated heterocycles. The van der Waals surface area contributed by atoms with E-state index >= 15 is 0 Å². The number of aromatic nitrogens is 1. The number of hydrogen-bond acceptors (Lipinski definition) is 4. The predicted molar refractivity (Wildman–Crippen MR) is 87.1 cm³/mol. The molecule has 0 saturated carbocycles. The van der Waals surface area contributed by atoms with Gasteiger partial charge >= 0.3 is 0 Å². The minimum atomic E-state index is -0.504. The van der Waals surface area contributed by atoms with Gasteiger partial charge < -0.3 is 4.42 Å². The summed E-state index contributed by atoms with van der Waals surface area (Å²) < 4.78 is 6.58. The standard InChI is InChI=1S/C17H11BrN2O3/c1-9(14-7-13-15(23-14)6-10(18)8-19-13)20-16(21)11-4-2-3-5-12(11)17(20)22/h2-9H,1H3/t9-/m0/s1. The van der Waals surface area contributed by atoms with E-state index in [9.17, 15) is 9.59 Å². The van der Waals surface area contributed by atoms with Crippen molar-refractivity contribution in [2.24, 2.45) is 0 Å². The number of amides is 2. The average Bonchev–Trinajstić information content (AvgIpc) is 3.07. The van der Waals surface area contributed by atoms with Crippen LogP contribution in [-0.2, 0) is 0 Å². The maximum atomic E-state index is 12.5. The Morgan fingerprint density at radius 2 is 1.78 bits per heavy atom. The summed E-state index contributed by atoms with van der Waals surface area (Å²) in [6, 6.07) is 9.90. The molecule has 1 aliphatic rings. The van der Waals surface area contributed by atoms with E-state index in [0.29, 0.717) is 28.0 Å². The van der Waals surface area contributed by atoms with Crippen molar-refractivity contribution in [3.63, 3.8) is 0 Å². The van der Waals surface area contributed by atoms with Gasteiger partial charge in [0.15, 0.2) is 5.58 Å². The summed E-state index contributed by atoms with van der Waals surface area (Å²) in [6.07, 6.45) is 1.67. The molecular formula is C17H11BrN2O3. The maximum absolute atomic E-state index is 12.5. The fraction of sp³-hybridized carbons (Fsp3) is 0.118. The summed E-state index contributed by atoms with van der Waals surface area (Å²) in [6.45, 7) is 1.77. The fourth-order valence-electron chi connectivity index (χ4n) is 2.81. The van der Waals surface area contributed by atoms with Crippen LogP contribution in [0.25, 0.3) is 11.1 Å². The number of imide groups is 1. The summed E-state index contributed by atoms with van der Waals surface area (Å²) in [4.78, 5) is 30.6. The van der Waals surface area contributed by atoms with E-state index in [-0.39, 0.29) is 11.8 Å². The van der Waals surface area contributed by atoms with Crippen LogP contribution in [0, 0.1) is 0 Å². The smallest absolute Gasteiger partial charge is 0.262 e. The largest absolute Gasteiger partial charge is 0.457 e. The quantitative estimate of drug-likeness (QED) is 0.640. The summed E-state index contributed by atoms with van der Waals surface area (Å²) in [5.74, 6) is -0.0690. The van der Waals surface area contributed by atoms with Gasteiger partial charge in [-0.05, 0) is 41.1 Å². The van der Waals surface area contributed by atoms with Crippen molar-refractivity contribution >= 4 is 38.8 Å². The number of rotatable bonds is 2. The molecule has 1 atom stereocenters. The fourth-order valence-corrected chi connectivity index (χ4v) is 3.12. The van der Waals surface area contributed by atoms with E-state index < -0.39 is 6.04 Å². The van der Waals surface area contributed by atoms with E-state index in [2.05, 4.69) is 20.9 Å². The molecule has 0 spiro atoms. The van der Waals surface area contributed by atoms with Gasteiger partial charge in [0, 0.05) is 16.7 Å². The first kappa shape index (κ1) is 14.1. The maximum Gasteiger partial charge on any atom is 0.262 e. The molecule has 2 aromatic heterocycles. The summed E-state index contributed by atoms with van der Waals surface area (Å²) >= 11 is 3.34. The summed E-state index contributed by atoms with van der Waals surface area (Å²) in [5.41, 5.74) is 2.16. The van der Waals surface area contributed by atoms with Crippen molar-refractivity contribution in [3.8, 4) is 0 Å². The van der Waals surface area contributed by atoms with Crippen LogP contribution >= 0.6 is 15.9 Å². The third kappa shape index (κ3) is 2.09. The molecule has 23 heavy (non-hydrogen) atoms.